The van der Waals surface area contributed by atoms with E-state index in [1.807, 2.05) is 48.5 Å². The first kappa shape index (κ1) is 56.2. The summed E-state index contributed by atoms with van der Waals surface area (Å²) in [5, 5.41) is 35.2. The van der Waals surface area contributed by atoms with Gasteiger partial charge in [-0.2, -0.15) is 0 Å². The zero-order valence-corrected chi connectivity index (χ0v) is 42.5. The fourth-order valence-electron chi connectivity index (χ4n) is 7.32. The summed E-state index contributed by atoms with van der Waals surface area (Å²) in [5.74, 6) is -2.18. The number of aliphatic hydroxyl groups is 2. The van der Waals surface area contributed by atoms with Gasteiger partial charge in [-0.25, -0.2) is 28.8 Å². The van der Waals surface area contributed by atoms with Crippen molar-refractivity contribution in [2.45, 2.75) is 129 Å². The van der Waals surface area contributed by atoms with Crippen LogP contribution in [0.3, 0.4) is 0 Å². The van der Waals surface area contributed by atoms with Crippen LogP contribution in [0.2, 0.25) is 0 Å². The molecule has 73 heavy (non-hydrogen) atoms. The SMILES string of the molecule is CC(C)(C)OC(=O)Nc1ccc(C(=O)O)cc1.CC(C)(C)OC(=O)Nc1ccc(C(=O)O[C@H]2Cc3ccccc3C[C@H]2OC(=O)c2ccc(NC(=O)OC(C)(C)C)cc2)cc1.O[C@@H]1Cc2ccccc2C[C@@H]1O. The molecule has 17 heteroatoms. The van der Waals surface area contributed by atoms with Crippen LogP contribution in [-0.2, 0) is 49.4 Å². The van der Waals surface area contributed by atoms with Crippen molar-refractivity contribution in [1.82, 2.24) is 0 Å². The van der Waals surface area contributed by atoms with Crippen molar-refractivity contribution >= 4 is 53.2 Å². The minimum atomic E-state index is -1.01. The highest BCUT2D eigenvalue weighted by Crippen LogP contribution is 2.28. The third-order valence-electron chi connectivity index (χ3n) is 10.6. The first-order chi connectivity index (χ1) is 34.2. The second kappa shape index (κ2) is 24.6. The van der Waals surface area contributed by atoms with Crippen LogP contribution in [0.5, 0.6) is 0 Å². The lowest BCUT2D eigenvalue weighted by atomic mass is 9.87. The summed E-state index contributed by atoms with van der Waals surface area (Å²) in [6.07, 6.45) is -2.49. The fourth-order valence-corrected chi connectivity index (χ4v) is 7.32. The number of anilines is 3. The number of amides is 3. The number of carbonyl (C=O) groups is 6. The van der Waals surface area contributed by atoms with Gasteiger partial charge in [0.2, 0.25) is 0 Å². The maximum Gasteiger partial charge on any atom is 0.412 e. The van der Waals surface area contributed by atoms with E-state index < -0.39 is 77.4 Å². The molecule has 2 aliphatic rings. The molecule has 6 N–H and O–H groups in total. The Bertz CT molecular complexity index is 2560. The second-order valence-corrected chi connectivity index (χ2v) is 20.3. The van der Waals surface area contributed by atoms with Crippen molar-refractivity contribution in [3.63, 3.8) is 0 Å². The van der Waals surface area contributed by atoms with Crippen molar-refractivity contribution in [2.75, 3.05) is 16.0 Å². The average molecular weight is 1000 g/mol. The fraction of sp³-hybridized carbons (Fsp3) is 0.357. The van der Waals surface area contributed by atoms with Gasteiger partial charge in [0, 0.05) is 42.7 Å². The number of ether oxygens (including phenoxy) is 5. The molecule has 7 rings (SSSR count). The van der Waals surface area contributed by atoms with Gasteiger partial charge in [-0.15, -0.1) is 0 Å². The number of fused-ring (bicyclic) bond motifs is 2. The molecule has 0 spiro atoms. The minimum Gasteiger partial charge on any atom is -0.478 e. The Morgan fingerprint density at radius 1 is 0.411 bits per heavy atom. The molecule has 0 unspecified atom stereocenters. The predicted octanol–water partition coefficient (Wildman–Crippen LogP) is 10.2. The highest BCUT2D eigenvalue weighted by Gasteiger charge is 2.35. The van der Waals surface area contributed by atoms with Gasteiger partial charge >= 0.3 is 36.2 Å². The van der Waals surface area contributed by atoms with Crippen LogP contribution in [-0.4, -0.2) is 92.7 Å². The summed E-state index contributed by atoms with van der Waals surface area (Å²) in [6.45, 7) is 15.9. The number of rotatable bonds is 8. The lowest BCUT2D eigenvalue weighted by molar-refractivity contribution is -0.0389. The second-order valence-electron chi connectivity index (χ2n) is 20.3. The van der Waals surface area contributed by atoms with E-state index in [9.17, 15) is 39.0 Å². The lowest BCUT2D eigenvalue weighted by Gasteiger charge is -2.32. The first-order valence-corrected chi connectivity index (χ1v) is 23.7. The van der Waals surface area contributed by atoms with Gasteiger partial charge in [0.1, 0.15) is 29.0 Å². The van der Waals surface area contributed by atoms with Crippen LogP contribution in [0.15, 0.2) is 121 Å². The number of hydrogen-bond donors (Lipinski definition) is 6. The molecule has 17 nitrogen and oxygen atoms in total. The van der Waals surface area contributed by atoms with Gasteiger partial charge < -0.3 is 39.0 Å². The molecular formula is C56H65N3O14. The van der Waals surface area contributed by atoms with E-state index in [1.165, 1.54) is 24.3 Å². The van der Waals surface area contributed by atoms with Crippen LogP contribution in [0.25, 0.3) is 0 Å². The van der Waals surface area contributed by atoms with Crippen molar-refractivity contribution in [2.24, 2.45) is 0 Å². The highest BCUT2D eigenvalue weighted by molar-refractivity contribution is 5.93. The number of benzene rings is 5. The largest absolute Gasteiger partial charge is 0.478 e. The quantitative estimate of drug-likeness (QED) is 0.0626. The van der Waals surface area contributed by atoms with Crippen LogP contribution in [0, 0.1) is 0 Å². The van der Waals surface area contributed by atoms with Crippen LogP contribution >= 0.6 is 0 Å². The summed E-state index contributed by atoms with van der Waals surface area (Å²) in [4.78, 5) is 72.4. The van der Waals surface area contributed by atoms with E-state index in [4.69, 9.17) is 28.8 Å². The van der Waals surface area contributed by atoms with E-state index in [0.717, 1.165) is 22.3 Å². The third kappa shape index (κ3) is 18.7. The van der Waals surface area contributed by atoms with Gasteiger partial charge in [-0.05, 0) is 157 Å². The molecule has 5 aromatic rings. The molecule has 0 aliphatic heterocycles. The van der Waals surface area contributed by atoms with Gasteiger partial charge in [-0.3, -0.25) is 16.0 Å². The average Bonchev–Trinajstić information content (AvgIpc) is 3.28. The van der Waals surface area contributed by atoms with Crippen LogP contribution < -0.4 is 16.0 Å². The Morgan fingerprint density at radius 3 is 0.932 bits per heavy atom. The zero-order valence-electron chi connectivity index (χ0n) is 42.5. The smallest absolute Gasteiger partial charge is 0.412 e. The molecule has 2 aliphatic carbocycles. The summed E-state index contributed by atoms with van der Waals surface area (Å²) < 4.78 is 27.3. The van der Waals surface area contributed by atoms with E-state index in [2.05, 4.69) is 16.0 Å². The molecule has 0 heterocycles. The number of esters is 2. The number of carbonyl (C=O) groups excluding carboxylic acids is 5. The number of aliphatic hydroxyl groups excluding tert-OH is 2. The number of nitrogens with one attached hydrogen (secondary N) is 3. The number of carboxylic acid groups (broad SMARTS) is 1. The summed E-state index contributed by atoms with van der Waals surface area (Å²) >= 11 is 0. The minimum absolute atomic E-state index is 0.166. The van der Waals surface area contributed by atoms with Gasteiger partial charge in [0.15, 0.2) is 0 Å². The molecule has 3 amide bonds. The summed E-state index contributed by atoms with van der Waals surface area (Å²) in [5.41, 5.74) is 4.61. The summed E-state index contributed by atoms with van der Waals surface area (Å²) in [6, 6.07) is 34.0. The number of carboxylic acids is 1. The molecule has 0 bridgehead atoms. The standard InChI is InChI=1S/C34H38N2O8.C12H15NO4.C10H12O2/c1-33(2,3)43-31(39)35-25-15-11-21(12-16-25)29(37)41-27-19-23-9-7-8-10-24(23)20-28(27)42-30(38)22-13-17-26(18-14-22)36-32(40)44-34(4,5)6;1-12(2,3)17-11(16)13-9-6-4-8(5-7-9)10(14)15;11-9-5-7-3-1-2-4-8(7)6-10(9)12/h7-18,27-28H,19-20H2,1-6H3,(H,35,39)(H,36,40);4-7H,1-3H3,(H,13,16)(H,14,15);1-4,9-12H,5-6H2/t27-,28+;;9-,10+. The Balaban J connectivity index is 0.000000274. The van der Waals surface area contributed by atoms with Crippen LogP contribution in [0.1, 0.15) is 116 Å². The Kier molecular flexibility index (Phi) is 18.9. The zero-order chi connectivity index (χ0) is 53.7. The van der Waals surface area contributed by atoms with Crippen molar-refractivity contribution in [3.8, 4) is 0 Å². The predicted molar refractivity (Wildman–Crippen MR) is 274 cm³/mol. The Hall–Kier alpha value is -7.76. The molecule has 0 saturated carbocycles. The number of aromatic carboxylic acids is 1. The first-order valence-electron chi connectivity index (χ1n) is 23.7. The normalized spacial score (nSPS) is 16.9. The molecular weight excluding hydrogens is 939 g/mol. The van der Waals surface area contributed by atoms with Crippen molar-refractivity contribution < 1.29 is 67.8 Å². The van der Waals surface area contributed by atoms with Gasteiger partial charge in [-0.1, -0.05) is 48.5 Å². The van der Waals surface area contributed by atoms with Crippen molar-refractivity contribution in [1.29, 1.82) is 0 Å². The van der Waals surface area contributed by atoms with E-state index in [-0.39, 0.29) is 16.7 Å². The Morgan fingerprint density at radius 2 is 0.671 bits per heavy atom. The van der Waals surface area contributed by atoms with E-state index >= 15 is 0 Å². The van der Waals surface area contributed by atoms with Crippen LogP contribution in [0.4, 0.5) is 31.4 Å². The van der Waals surface area contributed by atoms with E-state index in [0.29, 0.717) is 42.7 Å². The van der Waals surface area contributed by atoms with Gasteiger partial charge in [0.25, 0.3) is 0 Å². The van der Waals surface area contributed by atoms with Crippen molar-refractivity contribution in [3.05, 3.63) is 160 Å². The monoisotopic (exact) mass is 1000 g/mol. The molecule has 0 aromatic heterocycles. The van der Waals surface area contributed by atoms with Gasteiger partial charge in [0.05, 0.1) is 28.9 Å². The third-order valence-corrected chi connectivity index (χ3v) is 10.6. The molecule has 388 valence electrons. The highest BCUT2D eigenvalue weighted by atomic mass is 16.6. The maximum atomic E-state index is 13.1. The van der Waals surface area contributed by atoms with E-state index in [1.54, 1.807) is 111 Å². The summed E-state index contributed by atoms with van der Waals surface area (Å²) in [7, 11) is 0. The molecule has 0 fully saturated rings. The Labute approximate surface area is 425 Å². The maximum absolute atomic E-state index is 13.1. The molecule has 4 atom stereocenters. The molecule has 0 saturated heterocycles. The molecule has 0 radical (unpaired) electrons. The topological polar surface area (TPSA) is 245 Å². The lowest BCUT2D eigenvalue weighted by Crippen LogP contribution is -2.41. The molecule has 5 aromatic carbocycles. The number of hydrogen-bond acceptors (Lipinski definition) is 13.